The average Bonchev–Trinajstić information content (AvgIpc) is 3.28. The zero-order chi connectivity index (χ0) is 23.7. The summed E-state index contributed by atoms with van der Waals surface area (Å²) < 4.78 is 0. The molecule has 182 valence electrons. The monoisotopic (exact) mass is 461 g/mol. The summed E-state index contributed by atoms with van der Waals surface area (Å²) in [7, 11) is 0. The number of hydrogen-bond acceptors (Lipinski definition) is 1. The Bertz CT molecular complexity index is 1000. The molecule has 0 aliphatic carbocycles. The van der Waals surface area contributed by atoms with E-state index in [2.05, 4.69) is 84.8 Å². The van der Waals surface area contributed by atoms with Gasteiger partial charge in [0.05, 0.1) is 19.6 Å². The van der Waals surface area contributed by atoms with Gasteiger partial charge >= 0.3 is 0 Å². The van der Waals surface area contributed by atoms with E-state index < -0.39 is 0 Å². The van der Waals surface area contributed by atoms with Crippen molar-refractivity contribution in [2.75, 3.05) is 26.2 Å². The Labute approximate surface area is 205 Å². The van der Waals surface area contributed by atoms with E-state index in [4.69, 9.17) is 0 Å². The Balaban J connectivity index is 1.45. The Morgan fingerprint density at radius 1 is 1.09 bits per heavy atom. The second-order valence-electron chi connectivity index (χ2n) is 11.1. The second-order valence-corrected chi connectivity index (χ2v) is 11.1. The number of quaternary nitrogens is 2. The van der Waals surface area contributed by atoms with Crippen molar-refractivity contribution < 1.29 is 15.4 Å². The topological polar surface area (TPSA) is 53.5 Å². The predicted octanol–water partition coefficient (Wildman–Crippen LogP) is 2.71. The molecule has 0 unspecified atom stereocenters. The van der Waals surface area contributed by atoms with E-state index >= 15 is 0 Å². The van der Waals surface area contributed by atoms with Crippen LogP contribution in [0.3, 0.4) is 0 Å². The molecule has 1 spiro atoms. The fourth-order valence-electron chi connectivity index (χ4n) is 7.49. The number of amides is 1. The van der Waals surface area contributed by atoms with Crippen LogP contribution in [0.2, 0.25) is 0 Å². The average molecular weight is 462 g/mol. The van der Waals surface area contributed by atoms with Gasteiger partial charge in [-0.3, -0.25) is 4.79 Å². The largest absolute Gasteiger partial charge is 0.345 e. The van der Waals surface area contributed by atoms with Gasteiger partial charge in [-0.2, -0.15) is 0 Å². The Kier molecular flexibility index (Phi) is 6.81. The Hall–Kier alpha value is -2.17. The van der Waals surface area contributed by atoms with Gasteiger partial charge in [0.2, 0.25) is 5.91 Å². The number of hydrogen-bond donors (Lipinski definition) is 2. The van der Waals surface area contributed by atoms with E-state index in [-0.39, 0.29) is 11.3 Å². The number of nitrogens with two attached hydrogens (primary N) is 2. The molecule has 2 aromatic carbocycles. The van der Waals surface area contributed by atoms with Gasteiger partial charge in [0.15, 0.2) is 0 Å². The number of likely N-dealkylation sites (tertiary alicyclic amines) is 1. The number of aryl methyl sites for hydroxylation is 1. The van der Waals surface area contributed by atoms with Gasteiger partial charge in [-0.25, -0.2) is 0 Å². The van der Waals surface area contributed by atoms with Crippen molar-refractivity contribution in [1.29, 1.82) is 0 Å². The van der Waals surface area contributed by atoms with Gasteiger partial charge in [-0.15, -0.1) is 0 Å². The summed E-state index contributed by atoms with van der Waals surface area (Å²) in [6.45, 7) is 11.7. The summed E-state index contributed by atoms with van der Waals surface area (Å²) in [5.74, 6) is 1.64. The van der Waals surface area contributed by atoms with Crippen LogP contribution in [0.25, 0.3) is 0 Å². The molecule has 0 saturated carbocycles. The highest BCUT2D eigenvalue weighted by molar-refractivity contribution is 5.82. The first-order chi connectivity index (χ1) is 16.6. The maximum atomic E-state index is 14.4. The Morgan fingerprint density at radius 3 is 2.62 bits per heavy atom. The summed E-state index contributed by atoms with van der Waals surface area (Å²) in [5, 5.41) is 4.86. The van der Waals surface area contributed by atoms with Crippen LogP contribution in [0.5, 0.6) is 0 Å². The molecule has 0 radical (unpaired) electrons. The number of piperidine rings is 1. The second kappa shape index (κ2) is 9.83. The summed E-state index contributed by atoms with van der Waals surface area (Å²) in [4.78, 5) is 16.8. The van der Waals surface area contributed by atoms with E-state index in [1.807, 2.05) is 0 Å². The lowest BCUT2D eigenvalue weighted by Gasteiger charge is -2.46. The lowest BCUT2D eigenvalue weighted by molar-refractivity contribution is -0.691. The highest BCUT2D eigenvalue weighted by atomic mass is 16.2. The maximum Gasteiger partial charge on any atom is 0.233 e. The highest BCUT2D eigenvalue weighted by Gasteiger charge is 2.56. The molecule has 2 saturated heterocycles. The molecule has 5 rings (SSSR count). The minimum Gasteiger partial charge on any atom is -0.345 e. The Morgan fingerprint density at radius 2 is 1.85 bits per heavy atom. The van der Waals surface area contributed by atoms with Crippen LogP contribution in [0, 0.1) is 18.8 Å². The molecule has 34 heavy (non-hydrogen) atoms. The van der Waals surface area contributed by atoms with Crippen LogP contribution < -0.4 is 10.6 Å². The zero-order valence-corrected chi connectivity index (χ0v) is 21.3. The minimum atomic E-state index is -0.0346. The fourth-order valence-corrected chi connectivity index (χ4v) is 7.49. The molecule has 2 aromatic rings. The van der Waals surface area contributed by atoms with E-state index in [1.54, 1.807) is 0 Å². The first kappa shape index (κ1) is 23.6. The van der Waals surface area contributed by atoms with Crippen molar-refractivity contribution in [1.82, 2.24) is 4.90 Å². The van der Waals surface area contributed by atoms with E-state index in [0.29, 0.717) is 23.8 Å². The molecule has 3 aliphatic heterocycles. The third-order valence-corrected chi connectivity index (χ3v) is 9.34. The van der Waals surface area contributed by atoms with Gasteiger partial charge in [-0.1, -0.05) is 80.8 Å². The molecule has 4 heteroatoms. The molecular weight excluding hydrogens is 418 g/mol. The SMILES string of the molecule is CCC(CC)[C@@H]1C[C@H](c2ccccc2)CCN1C(=O)[C@@H]1C[NH2+]C[C@]12C[NH2+]Cc1cc(C)ccc12. The molecule has 1 amide bonds. The fraction of sp³-hybridized carbons (Fsp3) is 0.567. The minimum absolute atomic E-state index is 0.0346. The summed E-state index contributed by atoms with van der Waals surface area (Å²) in [6.07, 6.45) is 4.47. The number of fused-ring (bicyclic) bond motifs is 2. The molecule has 2 fully saturated rings. The third kappa shape index (κ3) is 4.09. The van der Waals surface area contributed by atoms with Crippen LogP contribution in [-0.2, 0) is 16.8 Å². The molecule has 4 nitrogen and oxygen atoms in total. The molecule has 3 aliphatic rings. The quantitative estimate of drug-likeness (QED) is 0.707. The van der Waals surface area contributed by atoms with Crippen molar-refractivity contribution in [3.8, 4) is 0 Å². The van der Waals surface area contributed by atoms with Gasteiger partial charge in [-0.05, 0) is 42.7 Å². The van der Waals surface area contributed by atoms with Crippen molar-refractivity contribution in [2.45, 2.75) is 70.4 Å². The van der Waals surface area contributed by atoms with E-state index in [0.717, 1.165) is 58.4 Å². The third-order valence-electron chi connectivity index (χ3n) is 9.34. The smallest absolute Gasteiger partial charge is 0.233 e. The van der Waals surface area contributed by atoms with Gasteiger partial charge in [0.25, 0.3) is 0 Å². The van der Waals surface area contributed by atoms with Crippen molar-refractivity contribution in [3.63, 3.8) is 0 Å². The van der Waals surface area contributed by atoms with E-state index in [1.165, 1.54) is 22.3 Å². The van der Waals surface area contributed by atoms with Crippen LogP contribution in [0.1, 0.15) is 67.7 Å². The highest BCUT2D eigenvalue weighted by Crippen LogP contribution is 2.41. The standard InChI is InChI=1S/C30H41N3O/c1-4-22(5-2)28-16-24(23-9-7-6-8-10-23)13-14-33(28)29(34)27-18-32-20-30(27)19-31-17-25-15-21(3)11-12-26(25)30/h6-12,15,22,24,27-28,31-32H,4-5,13-14,16-20H2,1-3H3/p+2/t24-,27+,28+,30+/m1/s1. The van der Waals surface area contributed by atoms with Crippen LogP contribution in [-0.4, -0.2) is 43.0 Å². The number of carbonyl (C=O) groups is 1. The van der Waals surface area contributed by atoms with Crippen molar-refractivity contribution in [2.24, 2.45) is 11.8 Å². The molecule has 3 heterocycles. The number of nitrogens with zero attached hydrogens (tertiary/aromatic N) is 1. The van der Waals surface area contributed by atoms with Gasteiger partial charge in [0, 0.05) is 18.2 Å². The van der Waals surface area contributed by atoms with Gasteiger partial charge in [0.1, 0.15) is 17.9 Å². The van der Waals surface area contributed by atoms with Crippen LogP contribution in [0.15, 0.2) is 48.5 Å². The molecular formula is C30H43N3O+2. The van der Waals surface area contributed by atoms with Crippen molar-refractivity contribution in [3.05, 3.63) is 70.8 Å². The molecule has 4 atom stereocenters. The van der Waals surface area contributed by atoms with Crippen LogP contribution in [0.4, 0.5) is 0 Å². The summed E-state index contributed by atoms with van der Waals surface area (Å²) in [6, 6.07) is 18.3. The normalized spacial score (nSPS) is 28.9. The lowest BCUT2D eigenvalue weighted by atomic mass is 9.67. The first-order valence-corrected chi connectivity index (χ1v) is 13.7. The summed E-state index contributed by atoms with van der Waals surface area (Å²) in [5.41, 5.74) is 5.63. The summed E-state index contributed by atoms with van der Waals surface area (Å²) >= 11 is 0. The number of carbonyl (C=O) groups excluding carboxylic acids is 1. The van der Waals surface area contributed by atoms with Gasteiger partial charge < -0.3 is 15.5 Å². The van der Waals surface area contributed by atoms with E-state index in [9.17, 15) is 4.79 Å². The molecule has 4 N–H and O–H groups in total. The lowest BCUT2D eigenvalue weighted by Crippen LogP contribution is -2.91. The number of benzene rings is 2. The predicted molar refractivity (Wildman–Crippen MR) is 136 cm³/mol. The first-order valence-electron chi connectivity index (χ1n) is 13.7. The zero-order valence-electron chi connectivity index (χ0n) is 21.3. The van der Waals surface area contributed by atoms with Crippen LogP contribution >= 0.6 is 0 Å². The molecule has 0 aromatic heterocycles. The number of rotatable bonds is 5. The van der Waals surface area contributed by atoms with Crippen molar-refractivity contribution >= 4 is 5.91 Å². The maximum absolute atomic E-state index is 14.4. The molecule has 0 bridgehead atoms.